The standard InChI is InChI=1S/C15H13F2N.C7H3F2N.C6H6/c16-12-5-6-13(14(17)8-12)15-7-10-3-1-2-4-11(10)9-18-15;1-10-7-3-2-5(8)4-6(7)9;1-3-5-6-4-2/h5-9H,1-4H2;2-4H;1-2H,5-6H2. The van der Waals surface area contributed by atoms with Crippen LogP contribution in [-0.4, -0.2) is 4.98 Å². The van der Waals surface area contributed by atoms with Crippen LogP contribution in [0.5, 0.6) is 0 Å². The maximum Gasteiger partial charge on any atom is 0.222 e. The molecule has 1 heterocycles. The van der Waals surface area contributed by atoms with Crippen LogP contribution in [0, 0.1) is 54.5 Å². The van der Waals surface area contributed by atoms with Crippen LogP contribution in [0.2, 0.25) is 0 Å². The van der Waals surface area contributed by atoms with Crippen LogP contribution in [0.15, 0.2) is 48.7 Å². The van der Waals surface area contributed by atoms with Crippen molar-refractivity contribution in [3.8, 4) is 35.9 Å². The molecule has 1 aliphatic carbocycles. The number of aryl methyl sites for hydroxylation is 2. The van der Waals surface area contributed by atoms with E-state index in [0.29, 0.717) is 30.2 Å². The lowest BCUT2D eigenvalue weighted by atomic mass is 9.92. The van der Waals surface area contributed by atoms with Crippen LogP contribution in [0.25, 0.3) is 16.1 Å². The van der Waals surface area contributed by atoms with E-state index in [2.05, 4.69) is 21.7 Å². The molecule has 34 heavy (non-hydrogen) atoms. The molecule has 0 fully saturated rings. The van der Waals surface area contributed by atoms with Crippen LogP contribution in [0.1, 0.15) is 36.8 Å². The molecule has 172 valence electrons. The van der Waals surface area contributed by atoms with E-state index in [1.54, 1.807) is 0 Å². The second-order valence-electron chi connectivity index (χ2n) is 7.29. The average molecular weight is 462 g/mol. The number of pyridine rings is 1. The number of aromatic nitrogens is 1. The summed E-state index contributed by atoms with van der Waals surface area (Å²) in [5.74, 6) is 2.26. The highest BCUT2D eigenvalue weighted by atomic mass is 19.1. The molecule has 3 aromatic rings. The van der Waals surface area contributed by atoms with Gasteiger partial charge in [0.25, 0.3) is 0 Å². The first-order valence-corrected chi connectivity index (χ1v) is 10.5. The van der Waals surface area contributed by atoms with Gasteiger partial charge in [0.1, 0.15) is 23.3 Å². The number of benzene rings is 2. The molecule has 6 heteroatoms. The minimum Gasteiger partial charge on any atom is -0.256 e. The smallest absolute Gasteiger partial charge is 0.222 e. The van der Waals surface area contributed by atoms with E-state index in [9.17, 15) is 17.6 Å². The van der Waals surface area contributed by atoms with Crippen LogP contribution >= 0.6 is 0 Å². The Balaban J connectivity index is 0.000000215. The molecule has 1 aliphatic rings. The topological polar surface area (TPSA) is 17.2 Å². The first kappa shape index (κ1) is 26.2. The van der Waals surface area contributed by atoms with E-state index in [1.807, 2.05) is 12.3 Å². The SMILES string of the molecule is C#CCCC#C.Fc1ccc(-c2cc3c(cn2)CCCC3)c(F)c1.[C-]#[N+]c1ccc(F)cc1F. The van der Waals surface area contributed by atoms with E-state index in [0.717, 1.165) is 31.0 Å². The van der Waals surface area contributed by atoms with E-state index in [1.165, 1.54) is 36.1 Å². The van der Waals surface area contributed by atoms with E-state index in [-0.39, 0.29) is 5.69 Å². The third-order valence-corrected chi connectivity index (χ3v) is 4.88. The Morgan fingerprint density at radius 3 is 1.97 bits per heavy atom. The van der Waals surface area contributed by atoms with E-state index in [4.69, 9.17) is 19.4 Å². The van der Waals surface area contributed by atoms with Crippen molar-refractivity contribution >= 4 is 5.69 Å². The summed E-state index contributed by atoms with van der Waals surface area (Å²) in [5.41, 5.74) is 3.31. The summed E-state index contributed by atoms with van der Waals surface area (Å²) >= 11 is 0. The first-order valence-electron chi connectivity index (χ1n) is 10.5. The number of hydrogen-bond acceptors (Lipinski definition) is 1. The number of terminal acetylenes is 2. The fourth-order valence-electron chi connectivity index (χ4n) is 3.17. The van der Waals surface area contributed by atoms with Gasteiger partial charge in [0.15, 0.2) is 0 Å². The molecule has 0 aliphatic heterocycles. The highest BCUT2D eigenvalue weighted by Gasteiger charge is 2.13. The Bertz CT molecular complexity index is 1230. The molecular formula is C28H22F4N2. The van der Waals surface area contributed by atoms with Crippen molar-refractivity contribution in [2.45, 2.75) is 38.5 Å². The molecule has 4 rings (SSSR count). The summed E-state index contributed by atoms with van der Waals surface area (Å²) in [6.07, 6.45) is 17.4. The van der Waals surface area contributed by atoms with Crippen LogP contribution < -0.4 is 0 Å². The van der Waals surface area contributed by atoms with Gasteiger partial charge in [-0.05, 0) is 67.1 Å². The number of nitrogens with zero attached hydrogens (tertiary/aromatic N) is 2. The average Bonchev–Trinajstić information content (AvgIpc) is 2.83. The Kier molecular flexibility index (Phi) is 10.4. The van der Waals surface area contributed by atoms with Gasteiger partial charge in [-0.3, -0.25) is 4.98 Å². The normalized spacial score (nSPS) is 11.2. The molecule has 0 saturated heterocycles. The predicted octanol–water partition coefficient (Wildman–Crippen LogP) is 7.45. The molecule has 2 aromatic carbocycles. The van der Waals surface area contributed by atoms with Crippen LogP contribution in [0.3, 0.4) is 0 Å². The summed E-state index contributed by atoms with van der Waals surface area (Å²) in [7, 11) is 0. The van der Waals surface area contributed by atoms with Gasteiger partial charge in [-0.1, -0.05) is 6.07 Å². The van der Waals surface area contributed by atoms with Crippen molar-refractivity contribution < 1.29 is 17.6 Å². The van der Waals surface area contributed by atoms with Gasteiger partial charge in [0.05, 0.1) is 12.3 Å². The van der Waals surface area contributed by atoms with Gasteiger partial charge in [-0.2, -0.15) is 0 Å². The zero-order valence-corrected chi connectivity index (χ0v) is 18.4. The van der Waals surface area contributed by atoms with E-state index < -0.39 is 23.3 Å². The molecule has 0 amide bonds. The number of fused-ring (bicyclic) bond motifs is 1. The molecule has 0 atom stereocenters. The highest BCUT2D eigenvalue weighted by Crippen LogP contribution is 2.27. The fourth-order valence-corrected chi connectivity index (χ4v) is 3.17. The molecule has 0 saturated carbocycles. The zero-order chi connectivity index (χ0) is 24.9. The largest absolute Gasteiger partial charge is 0.256 e. The molecule has 0 radical (unpaired) electrons. The number of hydrogen-bond donors (Lipinski definition) is 0. The van der Waals surface area contributed by atoms with Gasteiger partial charge in [0.2, 0.25) is 5.69 Å². The van der Waals surface area contributed by atoms with Gasteiger partial charge < -0.3 is 0 Å². The number of rotatable bonds is 2. The van der Waals surface area contributed by atoms with Crippen molar-refractivity contribution in [1.29, 1.82) is 0 Å². The summed E-state index contributed by atoms with van der Waals surface area (Å²) in [4.78, 5) is 7.11. The van der Waals surface area contributed by atoms with Gasteiger partial charge in [-0.25, -0.2) is 22.4 Å². The monoisotopic (exact) mass is 462 g/mol. The second kappa shape index (κ2) is 13.5. The third-order valence-electron chi connectivity index (χ3n) is 4.88. The quantitative estimate of drug-likeness (QED) is 0.167. The molecule has 0 N–H and O–H groups in total. The number of unbranched alkanes of at least 4 members (excludes halogenated alkanes) is 1. The Morgan fingerprint density at radius 2 is 1.41 bits per heavy atom. The molecular weight excluding hydrogens is 440 g/mol. The Hall–Kier alpha value is -4.08. The maximum atomic E-state index is 13.7. The minimum atomic E-state index is -0.810. The van der Waals surface area contributed by atoms with Crippen molar-refractivity contribution in [3.05, 3.63) is 94.5 Å². The van der Waals surface area contributed by atoms with Gasteiger partial charge in [-0.15, -0.1) is 24.7 Å². The van der Waals surface area contributed by atoms with Crippen LogP contribution in [-0.2, 0) is 12.8 Å². The maximum absolute atomic E-state index is 13.7. The highest BCUT2D eigenvalue weighted by molar-refractivity contribution is 5.61. The lowest BCUT2D eigenvalue weighted by Crippen LogP contribution is -2.04. The molecule has 0 unspecified atom stereocenters. The minimum absolute atomic E-state index is 0.151. The number of halogens is 4. The third kappa shape index (κ3) is 7.80. The first-order chi connectivity index (χ1) is 16.4. The molecule has 0 spiro atoms. The van der Waals surface area contributed by atoms with Crippen molar-refractivity contribution in [1.82, 2.24) is 4.98 Å². The Morgan fingerprint density at radius 1 is 0.824 bits per heavy atom. The Labute approximate surface area is 197 Å². The fraction of sp³-hybridized carbons (Fsp3) is 0.214. The van der Waals surface area contributed by atoms with Crippen molar-refractivity contribution in [2.75, 3.05) is 0 Å². The summed E-state index contributed by atoms with van der Waals surface area (Å²) in [6, 6.07) is 8.39. The summed E-state index contributed by atoms with van der Waals surface area (Å²) in [5, 5.41) is 0. The van der Waals surface area contributed by atoms with Crippen molar-refractivity contribution in [2.24, 2.45) is 0 Å². The predicted molar refractivity (Wildman–Crippen MR) is 126 cm³/mol. The van der Waals surface area contributed by atoms with Crippen molar-refractivity contribution in [3.63, 3.8) is 0 Å². The van der Waals surface area contributed by atoms with Gasteiger partial charge in [0, 0.05) is 30.7 Å². The van der Waals surface area contributed by atoms with Gasteiger partial charge >= 0.3 is 0 Å². The molecule has 2 nitrogen and oxygen atoms in total. The molecule has 1 aromatic heterocycles. The lowest BCUT2D eigenvalue weighted by Gasteiger charge is -2.16. The second-order valence-corrected chi connectivity index (χ2v) is 7.29. The summed E-state index contributed by atoms with van der Waals surface area (Å²) < 4.78 is 51.1. The summed E-state index contributed by atoms with van der Waals surface area (Å²) in [6.45, 7) is 6.42. The lowest BCUT2D eigenvalue weighted by molar-refractivity contribution is 0.585. The van der Waals surface area contributed by atoms with E-state index >= 15 is 0 Å². The molecule has 0 bridgehead atoms. The zero-order valence-electron chi connectivity index (χ0n) is 18.4. The van der Waals surface area contributed by atoms with Crippen LogP contribution in [0.4, 0.5) is 23.2 Å².